The summed E-state index contributed by atoms with van der Waals surface area (Å²) in [5.41, 5.74) is 6.50. The Morgan fingerprint density at radius 3 is 2.78 bits per heavy atom. The second kappa shape index (κ2) is 7.27. The molecule has 0 atom stereocenters. The number of nitrogens with one attached hydrogen (secondary N) is 2. The molecule has 0 fully saturated rings. The molecule has 2 N–H and O–H groups in total. The van der Waals surface area contributed by atoms with Gasteiger partial charge in [-0.05, 0) is 69.0 Å². The second-order valence-corrected chi connectivity index (χ2v) is 6.78. The fourth-order valence-corrected chi connectivity index (χ4v) is 3.57. The smallest absolute Gasteiger partial charge is 0.257 e. The summed E-state index contributed by atoms with van der Waals surface area (Å²) in [4.78, 5) is 21.0. The average molecular weight is 361 g/mol. The predicted molar refractivity (Wildman–Crippen MR) is 106 cm³/mol. The lowest BCUT2D eigenvalue weighted by Crippen LogP contribution is -2.12. The minimum Gasteiger partial charge on any atom is -0.494 e. The summed E-state index contributed by atoms with van der Waals surface area (Å²) in [5.74, 6) is 0.660. The number of amides is 1. The van der Waals surface area contributed by atoms with Gasteiger partial charge in [-0.25, -0.2) is 0 Å². The lowest BCUT2D eigenvalue weighted by atomic mass is 10.0. The van der Waals surface area contributed by atoms with Gasteiger partial charge in [0.05, 0.1) is 17.9 Å². The van der Waals surface area contributed by atoms with E-state index in [-0.39, 0.29) is 5.91 Å². The third-order valence-corrected chi connectivity index (χ3v) is 4.86. The van der Waals surface area contributed by atoms with Crippen LogP contribution in [0.3, 0.4) is 0 Å². The Morgan fingerprint density at radius 1 is 1.19 bits per heavy atom. The van der Waals surface area contributed by atoms with Crippen molar-refractivity contribution in [2.24, 2.45) is 0 Å². The Kier molecular flexibility index (Phi) is 4.67. The predicted octanol–water partition coefficient (Wildman–Crippen LogP) is 4.52. The molecule has 0 radical (unpaired) electrons. The molecule has 0 bridgehead atoms. The number of carbonyl (C=O) groups excluding carboxylic acids is 1. The van der Waals surface area contributed by atoms with E-state index in [1.54, 1.807) is 6.20 Å². The molecule has 138 valence electrons. The van der Waals surface area contributed by atoms with E-state index in [9.17, 15) is 4.79 Å². The van der Waals surface area contributed by atoms with E-state index in [0.29, 0.717) is 12.2 Å². The highest BCUT2D eigenvalue weighted by atomic mass is 16.5. The van der Waals surface area contributed by atoms with Crippen molar-refractivity contribution >= 4 is 11.6 Å². The molecule has 1 aliphatic rings. The van der Waals surface area contributed by atoms with Crippen LogP contribution in [0, 0.1) is 6.92 Å². The van der Waals surface area contributed by atoms with Crippen LogP contribution < -0.4 is 10.1 Å². The fraction of sp³-hybridized carbons (Fsp3) is 0.273. The summed E-state index contributed by atoms with van der Waals surface area (Å²) in [6, 6.07) is 11.6. The highest BCUT2D eigenvalue weighted by Gasteiger charge is 2.24. The molecule has 1 amide bonds. The van der Waals surface area contributed by atoms with Gasteiger partial charge < -0.3 is 15.0 Å². The maximum atomic E-state index is 13.0. The molecule has 3 aromatic rings. The molecule has 0 unspecified atom stereocenters. The van der Waals surface area contributed by atoms with Crippen LogP contribution in [-0.4, -0.2) is 22.5 Å². The molecular formula is C22H23N3O2. The average Bonchev–Trinajstić information content (AvgIpc) is 3.00. The van der Waals surface area contributed by atoms with E-state index in [2.05, 4.69) is 16.4 Å². The molecule has 1 aromatic carbocycles. The van der Waals surface area contributed by atoms with Crippen molar-refractivity contribution in [2.45, 2.75) is 33.1 Å². The summed E-state index contributed by atoms with van der Waals surface area (Å²) in [6.07, 6.45) is 4.74. The monoisotopic (exact) mass is 361 g/mol. The molecule has 0 spiro atoms. The first-order chi connectivity index (χ1) is 13.2. The highest BCUT2D eigenvalue weighted by Crippen LogP contribution is 2.34. The molecule has 27 heavy (non-hydrogen) atoms. The van der Waals surface area contributed by atoms with Crippen LogP contribution in [0.15, 0.2) is 42.6 Å². The third-order valence-electron chi connectivity index (χ3n) is 4.86. The van der Waals surface area contributed by atoms with Gasteiger partial charge in [-0.15, -0.1) is 0 Å². The van der Waals surface area contributed by atoms with Crippen molar-refractivity contribution in [3.8, 4) is 17.0 Å². The van der Waals surface area contributed by atoms with Crippen LogP contribution in [0.5, 0.6) is 5.75 Å². The first-order valence-electron chi connectivity index (χ1n) is 9.37. The minimum atomic E-state index is -0.132. The van der Waals surface area contributed by atoms with Crippen LogP contribution in [0.1, 0.15) is 40.7 Å². The van der Waals surface area contributed by atoms with Crippen molar-refractivity contribution in [3.05, 3.63) is 65.1 Å². The van der Waals surface area contributed by atoms with Crippen molar-refractivity contribution in [1.29, 1.82) is 0 Å². The van der Waals surface area contributed by atoms with E-state index in [4.69, 9.17) is 9.72 Å². The van der Waals surface area contributed by atoms with Gasteiger partial charge >= 0.3 is 0 Å². The van der Waals surface area contributed by atoms with E-state index in [1.165, 1.54) is 5.56 Å². The van der Waals surface area contributed by atoms with Crippen LogP contribution >= 0.6 is 0 Å². The third kappa shape index (κ3) is 3.45. The molecule has 1 aliphatic carbocycles. The molecule has 2 aromatic heterocycles. The first kappa shape index (κ1) is 17.3. The van der Waals surface area contributed by atoms with E-state index in [1.807, 2.05) is 44.2 Å². The van der Waals surface area contributed by atoms with Crippen molar-refractivity contribution < 1.29 is 9.53 Å². The number of aryl methyl sites for hydroxylation is 3. The molecule has 4 rings (SSSR count). The summed E-state index contributed by atoms with van der Waals surface area (Å²) in [7, 11) is 0. The summed E-state index contributed by atoms with van der Waals surface area (Å²) < 4.78 is 5.45. The number of hydrogen-bond donors (Lipinski definition) is 2. The Balaban J connectivity index is 1.66. The molecule has 5 heteroatoms. The van der Waals surface area contributed by atoms with Crippen molar-refractivity contribution in [3.63, 3.8) is 0 Å². The van der Waals surface area contributed by atoms with Crippen molar-refractivity contribution in [1.82, 2.24) is 9.97 Å². The van der Waals surface area contributed by atoms with Gasteiger partial charge in [0.2, 0.25) is 0 Å². The number of aromatic nitrogens is 2. The van der Waals surface area contributed by atoms with Gasteiger partial charge in [-0.2, -0.15) is 0 Å². The summed E-state index contributed by atoms with van der Waals surface area (Å²) in [5, 5.41) is 2.99. The van der Waals surface area contributed by atoms with Gasteiger partial charge in [0.1, 0.15) is 5.75 Å². The number of nitrogens with zero attached hydrogens (tertiary/aromatic N) is 1. The van der Waals surface area contributed by atoms with E-state index in [0.717, 1.165) is 53.3 Å². The van der Waals surface area contributed by atoms with Crippen LogP contribution in [0.25, 0.3) is 11.3 Å². The van der Waals surface area contributed by atoms with E-state index >= 15 is 0 Å². The molecule has 0 saturated heterocycles. The van der Waals surface area contributed by atoms with Gasteiger partial charge in [0.25, 0.3) is 5.91 Å². The largest absolute Gasteiger partial charge is 0.494 e. The van der Waals surface area contributed by atoms with Crippen molar-refractivity contribution in [2.75, 3.05) is 11.9 Å². The topological polar surface area (TPSA) is 67.0 Å². The Hall–Kier alpha value is -3.08. The molecule has 5 nitrogen and oxygen atoms in total. The summed E-state index contributed by atoms with van der Waals surface area (Å²) >= 11 is 0. The molecular weight excluding hydrogens is 338 g/mol. The molecule has 0 aliphatic heterocycles. The molecule has 0 saturated carbocycles. The summed E-state index contributed by atoms with van der Waals surface area (Å²) in [6.45, 7) is 4.55. The van der Waals surface area contributed by atoms with Gasteiger partial charge in [-0.3, -0.25) is 9.78 Å². The number of H-pyrrole nitrogens is 1. The maximum absolute atomic E-state index is 13.0. The maximum Gasteiger partial charge on any atom is 0.257 e. The lowest BCUT2D eigenvalue weighted by Gasteiger charge is -2.10. The number of pyridine rings is 1. The number of rotatable bonds is 4. The number of fused-ring (bicyclic) bond motifs is 3. The zero-order chi connectivity index (χ0) is 18.8. The normalized spacial score (nSPS) is 12.7. The number of ether oxygens (including phenoxy) is 1. The molecule has 2 heterocycles. The van der Waals surface area contributed by atoms with Crippen LogP contribution in [0.4, 0.5) is 5.69 Å². The van der Waals surface area contributed by atoms with Gasteiger partial charge in [-0.1, -0.05) is 6.07 Å². The number of hydrogen-bond acceptors (Lipinski definition) is 3. The number of anilines is 1. The Morgan fingerprint density at radius 2 is 2.00 bits per heavy atom. The zero-order valence-electron chi connectivity index (χ0n) is 15.6. The zero-order valence-corrected chi connectivity index (χ0v) is 15.6. The minimum absolute atomic E-state index is 0.132. The van der Waals surface area contributed by atoms with Gasteiger partial charge in [0, 0.05) is 28.8 Å². The first-order valence-corrected chi connectivity index (χ1v) is 9.37. The number of aromatic amines is 1. The number of benzene rings is 1. The Labute approximate surface area is 158 Å². The Bertz CT molecular complexity index is 974. The van der Waals surface area contributed by atoms with Crippen LogP contribution in [0.2, 0.25) is 0 Å². The van der Waals surface area contributed by atoms with Crippen LogP contribution in [-0.2, 0) is 12.8 Å². The lowest BCUT2D eigenvalue weighted by molar-refractivity contribution is 0.102. The number of carbonyl (C=O) groups is 1. The van der Waals surface area contributed by atoms with Gasteiger partial charge in [0.15, 0.2) is 0 Å². The fourth-order valence-electron chi connectivity index (χ4n) is 3.57. The van der Waals surface area contributed by atoms with E-state index < -0.39 is 0 Å². The standard InChI is InChI=1S/C22H23N3O2/c1-3-27-17-11-9-16(10-12-17)25-22(26)18-13-23-19-6-4-5-15-8-7-14(2)24-21(15)20(18)19/h7-13,23H,3-6H2,1-2H3,(H,25,26). The quantitative estimate of drug-likeness (QED) is 0.718. The SMILES string of the molecule is CCOc1ccc(NC(=O)c2c[nH]c3c2-c2nc(C)ccc2CCC3)cc1. The second-order valence-electron chi connectivity index (χ2n) is 6.78. The highest BCUT2D eigenvalue weighted by molar-refractivity contribution is 6.09.